The largest absolute Gasteiger partial charge is 0.309 e. The number of fused-ring (bicyclic) bond motifs is 2. The minimum atomic E-state index is -1.12. The van der Waals surface area contributed by atoms with Gasteiger partial charge in [0.25, 0.3) is 0 Å². The molecule has 12 heteroatoms. The topological polar surface area (TPSA) is 119 Å². The van der Waals surface area contributed by atoms with Crippen molar-refractivity contribution in [2.75, 3.05) is 16.8 Å². The number of benzene rings is 1. The van der Waals surface area contributed by atoms with Crippen molar-refractivity contribution in [2.24, 2.45) is 5.92 Å². The summed E-state index contributed by atoms with van der Waals surface area (Å²) in [5.41, 5.74) is 1.51. The molecule has 1 saturated carbocycles. The molecule has 0 unspecified atom stereocenters. The molecule has 4 aromatic rings. The number of hydrogen-bond acceptors (Lipinski definition) is 5. The number of aromatic amines is 1. The highest BCUT2D eigenvalue weighted by atomic mass is 35.5. The van der Waals surface area contributed by atoms with Crippen molar-refractivity contribution in [1.82, 2.24) is 19.8 Å². The number of pyridine rings is 1. The molecular formula is C22H16ClF2N7O2. The zero-order valence-electron chi connectivity index (χ0n) is 17.6. The summed E-state index contributed by atoms with van der Waals surface area (Å²) in [4.78, 5) is 25.1. The molecule has 1 fully saturated rings. The second kappa shape index (κ2) is 8.07. The third kappa shape index (κ3) is 3.52. The minimum absolute atomic E-state index is 0.156. The first kappa shape index (κ1) is 21.8. The van der Waals surface area contributed by atoms with E-state index < -0.39 is 29.7 Å². The molecular weight excluding hydrogens is 468 g/mol. The van der Waals surface area contributed by atoms with Crippen molar-refractivity contribution < 1.29 is 18.4 Å². The SMILES string of the molecule is CC(=O)N(CC#N)c1c(F)c(Cl)c(-c2ccn3nc(NC(=O)[C@@H]4C[C@@H]4F)cc3c2)c2cn[nH]c12. The van der Waals surface area contributed by atoms with Crippen LogP contribution in [0, 0.1) is 23.1 Å². The number of aromatic nitrogens is 4. The number of carbonyl (C=O) groups is 2. The summed E-state index contributed by atoms with van der Waals surface area (Å²) in [7, 11) is 0. The number of amides is 2. The Morgan fingerprint density at radius 1 is 1.44 bits per heavy atom. The van der Waals surface area contributed by atoms with Crippen molar-refractivity contribution in [3.05, 3.63) is 41.4 Å². The van der Waals surface area contributed by atoms with Gasteiger partial charge < -0.3 is 5.32 Å². The first-order valence-electron chi connectivity index (χ1n) is 10.2. The number of nitrogens with zero attached hydrogens (tertiary/aromatic N) is 5. The quantitative estimate of drug-likeness (QED) is 0.418. The summed E-state index contributed by atoms with van der Waals surface area (Å²) in [5, 5.41) is 22.8. The maximum Gasteiger partial charge on any atom is 0.231 e. The van der Waals surface area contributed by atoms with E-state index in [4.69, 9.17) is 16.9 Å². The molecule has 34 heavy (non-hydrogen) atoms. The summed E-state index contributed by atoms with van der Waals surface area (Å²) >= 11 is 6.45. The van der Waals surface area contributed by atoms with Gasteiger partial charge >= 0.3 is 0 Å². The van der Waals surface area contributed by atoms with E-state index in [1.54, 1.807) is 24.4 Å². The molecule has 2 N–H and O–H groups in total. The lowest BCUT2D eigenvalue weighted by Gasteiger charge is -2.21. The minimum Gasteiger partial charge on any atom is -0.309 e. The lowest BCUT2D eigenvalue weighted by molar-refractivity contribution is -0.118. The first-order chi connectivity index (χ1) is 16.3. The predicted molar refractivity (Wildman–Crippen MR) is 121 cm³/mol. The Bertz CT molecular complexity index is 1520. The summed E-state index contributed by atoms with van der Waals surface area (Å²) in [5.74, 6) is -2.21. The maximum absolute atomic E-state index is 15.5. The highest BCUT2D eigenvalue weighted by molar-refractivity contribution is 6.36. The van der Waals surface area contributed by atoms with E-state index in [0.717, 1.165) is 4.90 Å². The number of alkyl halides is 1. The van der Waals surface area contributed by atoms with Crippen molar-refractivity contribution in [3.8, 4) is 17.2 Å². The first-order valence-corrected chi connectivity index (χ1v) is 10.6. The van der Waals surface area contributed by atoms with E-state index in [1.165, 1.54) is 17.6 Å². The van der Waals surface area contributed by atoms with Crippen LogP contribution < -0.4 is 10.2 Å². The number of H-pyrrole nitrogens is 1. The molecule has 3 aromatic heterocycles. The number of rotatable bonds is 5. The molecule has 2 amide bonds. The molecule has 2 atom stereocenters. The fourth-order valence-electron chi connectivity index (χ4n) is 3.92. The van der Waals surface area contributed by atoms with Gasteiger partial charge in [-0.25, -0.2) is 13.3 Å². The predicted octanol–water partition coefficient (Wildman–Crippen LogP) is 3.84. The van der Waals surface area contributed by atoms with Crippen LogP contribution >= 0.6 is 11.6 Å². The lowest BCUT2D eigenvalue weighted by Crippen LogP contribution is -2.30. The van der Waals surface area contributed by atoms with Crippen LogP contribution in [0.4, 0.5) is 20.3 Å². The molecule has 1 aliphatic rings. The number of anilines is 2. The van der Waals surface area contributed by atoms with E-state index in [-0.39, 0.29) is 35.0 Å². The van der Waals surface area contributed by atoms with Crippen LogP contribution in [0.15, 0.2) is 30.6 Å². The summed E-state index contributed by atoms with van der Waals surface area (Å²) in [6.45, 7) is 0.859. The molecule has 172 valence electrons. The molecule has 1 aliphatic carbocycles. The molecule has 0 radical (unpaired) electrons. The van der Waals surface area contributed by atoms with Gasteiger partial charge in [-0.05, 0) is 24.1 Å². The molecule has 0 aliphatic heterocycles. The van der Waals surface area contributed by atoms with Gasteiger partial charge in [-0.15, -0.1) is 0 Å². The number of nitriles is 1. The van der Waals surface area contributed by atoms with Gasteiger partial charge in [0.05, 0.1) is 34.2 Å². The molecule has 1 aromatic carbocycles. The normalized spacial score (nSPS) is 17.0. The molecule has 9 nitrogen and oxygen atoms in total. The third-order valence-corrected chi connectivity index (χ3v) is 6.05. The Labute approximate surface area is 195 Å². The highest BCUT2D eigenvalue weighted by Crippen LogP contribution is 2.43. The molecule has 0 bridgehead atoms. The number of halogens is 3. The van der Waals surface area contributed by atoms with Crippen LogP contribution in [0.25, 0.3) is 27.5 Å². The van der Waals surface area contributed by atoms with Gasteiger partial charge in [-0.3, -0.25) is 19.6 Å². The zero-order chi connectivity index (χ0) is 24.1. The molecule has 0 saturated heterocycles. The Morgan fingerprint density at radius 3 is 2.88 bits per heavy atom. The van der Waals surface area contributed by atoms with Gasteiger partial charge in [-0.1, -0.05) is 11.6 Å². The van der Waals surface area contributed by atoms with Crippen LogP contribution in [-0.4, -0.2) is 44.3 Å². The molecule has 5 rings (SSSR count). The van der Waals surface area contributed by atoms with E-state index >= 15 is 4.39 Å². The summed E-state index contributed by atoms with van der Waals surface area (Å²) < 4.78 is 30.1. The Balaban J connectivity index is 1.60. The second-order valence-corrected chi connectivity index (χ2v) is 8.31. The van der Waals surface area contributed by atoms with Crippen molar-refractivity contribution in [3.63, 3.8) is 0 Å². The van der Waals surface area contributed by atoms with Crippen molar-refractivity contribution >= 4 is 51.3 Å². The number of carbonyl (C=O) groups excluding carboxylic acids is 2. The monoisotopic (exact) mass is 483 g/mol. The standard InChI is InChI=1S/C22H16ClF2N7O2/c1-10(33)31(5-3-26)21-19(25)18(23)17(14-9-27-29-20(14)21)11-2-4-32-12(6-11)7-16(30-32)28-22(34)13-8-15(13)24/h2,4,6-7,9,13,15H,5,8H2,1H3,(H,27,29)(H,28,30,34)/t13-,15+/m1/s1. The summed E-state index contributed by atoms with van der Waals surface area (Å²) in [6, 6.07) is 6.81. The fraction of sp³-hybridized carbons (Fsp3) is 0.227. The van der Waals surface area contributed by atoms with E-state index in [9.17, 15) is 14.0 Å². The van der Waals surface area contributed by atoms with Crippen molar-refractivity contribution in [2.45, 2.75) is 19.5 Å². The van der Waals surface area contributed by atoms with Gasteiger partial charge in [-0.2, -0.15) is 15.5 Å². The molecule has 3 heterocycles. The van der Waals surface area contributed by atoms with Crippen LogP contribution in [0.3, 0.4) is 0 Å². The van der Waals surface area contributed by atoms with Crippen LogP contribution in [0.1, 0.15) is 13.3 Å². The van der Waals surface area contributed by atoms with E-state index in [0.29, 0.717) is 22.0 Å². The van der Waals surface area contributed by atoms with Crippen molar-refractivity contribution in [1.29, 1.82) is 5.26 Å². The average molecular weight is 484 g/mol. The molecule has 0 spiro atoms. The van der Waals surface area contributed by atoms with Gasteiger partial charge in [0.15, 0.2) is 11.6 Å². The smallest absolute Gasteiger partial charge is 0.231 e. The maximum atomic E-state index is 15.5. The Hall–Kier alpha value is -4.04. The second-order valence-electron chi connectivity index (χ2n) is 7.94. The van der Waals surface area contributed by atoms with E-state index in [1.807, 2.05) is 6.07 Å². The Morgan fingerprint density at radius 2 is 2.21 bits per heavy atom. The Kier molecular flexibility index (Phi) is 5.17. The third-order valence-electron chi connectivity index (χ3n) is 5.70. The van der Waals surface area contributed by atoms with Crippen LogP contribution in [0.2, 0.25) is 5.02 Å². The zero-order valence-corrected chi connectivity index (χ0v) is 18.4. The number of nitrogens with one attached hydrogen (secondary N) is 2. The van der Waals surface area contributed by atoms with E-state index in [2.05, 4.69) is 20.6 Å². The average Bonchev–Trinajstić information content (AvgIpc) is 3.17. The van der Waals surface area contributed by atoms with Gasteiger partial charge in [0.2, 0.25) is 11.8 Å². The lowest BCUT2D eigenvalue weighted by atomic mass is 10.0. The van der Waals surface area contributed by atoms with Gasteiger partial charge in [0, 0.05) is 30.1 Å². The van der Waals surface area contributed by atoms with Gasteiger partial charge in [0.1, 0.15) is 18.4 Å². The van der Waals surface area contributed by atoms with Crippen LogP contribution in [-0.2, 0) is 9.59 Å². The highest BCUT2D eigenvalue weighted by Gasteiger charge is 2.43. The summed E-state index contributed by atoms with van der Waals surface area (Å²) in [6.07, 6.45) is 2.16. The van der Waals surface area contributed by atoms with Crippen LogP contribution in [0.5, 0.6) is 0 Å². The number of hydrogen-bond donors (Lipinski definition) is 2. The fourth-order valence-corrected chi connectivity index (χ4v) is 4.22.